The topological polar surface area (TPSA) is 32.3 Å². The van der Waals surface area contributed by atoms with Crippen LogP contribution in [0.25, 0.3) is 0 Å². The minimum absolute atomic E-state index is 0.329. The third-order valence-electron chi connectivity index (χ3n) is 3.31. The minimum Gasteiger partial charge on any atom is -0.508 e. The number of benzene rings is 1. The van der Waals surface area contributed by atoms with E-state index in [1.807, 2.05) is 23.5 Å². The van der Waals surface area contributed by atoms with Crippen LogP contribution in [0.2, 0.25) is 0 Å². The van der Waals surface area contributed by atoms with Gasteiger partial charge in [0.05, 0.1) is 0 Å². The van der Waals surface area contributed by atoms with Crippen molar-refractivity contribution in [3.05, 3.63) is 51.7 Å². The van der Waals surface area contributed by atoms with Crippen molar-refractivity contribution in [1.29, 1.82) is 0 Å². The average molecular weight is 275 g/mol. The summed E-state index contributed by atoms with van der Waals surface area (Å²) in [5.74, 6) is 0.329. The molecule has 102 valence electrons. The van der Waals surface area contributed by atoms with Gasteiger partial charge in [-0.15, -0.1) is 11.3 Å². The van der Waals surface area contributed by atoms with E-state index in [0.29, 0.717) is 11.8 Å². The summed E-state index contributed by atoms with van der Waals surface area (Å²) in [6.45, 7) is 5.34. The molecule has 0 aliphatic carbocycles. The fraction of sp³-hybridized carbons (Fsp3) is 0.375. The number of rotatable bonds is 6. The Bertz CT molecular complexity index is 504. The van der Waals surface area contributed by atoms with Gasteiger partial charge in [-0.3, -0.25) is 0 Å². The van der Waals surface area contributed by atoms with E-state index in [0.717, 1.165) is 19.4 Å². The normalized spacial score (nSPS) is 12.5. The summed E-state index contributed by atoms with van der Waals surface area (Å²) in [6, 6.07) is 10.1. The number of hydrogen-bond donors (Lipinski definition) is 2. The highest BCUT2D eigenvalue weighted by molar-refractivity contribution is 7.10. The molecule has 0 bridgehead atoms. The van der Waals surface area contributed by atoms with E-state index in [4.69, 9.17) is 0 Å². The molecule has 0 saturated carbocycles. The lowest BCUT2D eigenvalue weighted by atomic mass is 10.1. The Hall–Kier alpha value is -1.32. The number of hydrogen-bond acceptors (Lipinski definition) is 3. The van der Waals surface area contributed by atoms with Gasteiger partial charge >= 0.3 is 0 Å². The van der Waals surface area contributed by atoms with Crippen LogP contribution < -0.4 is 5.32 Å². The predicted octanol–water partition coefficient (Wildman–Crippen LogP) is 3.74. The Labute approximate surface area is 119 Å². The van der Waals surface area contributed by atoms with E-state index in [2.05, 4.69) is 30.6 Å². The molecule has 1 aromatic heterocycles. The van der Waals surface area contributed by atoms with Crippen molar-refractivity contribution in [2.45, 2.75) is 39.3 Å². The molecule has 0 aliphatic rings. The second-order valence-electron chi connectivity index (χ2n) is 4.88. The third kappa shape index (κ3) is 4.08. The van der Waals surface area contributed by atoms with Gasteiger partial charge in [-0.2, -0.15) is 0 Å². The quantitative estimate of drug-likeness (QED) is 0.842. The molecule has 1 unspecified atom stereocenters. The molecule has 0 fully saturated rings. The molecule has 1 heterocycles. The number of phenols is 1. The molecule has 2 aromatic rings. The van der Waals surface area contributed by atoms with E-state index in [9.17, 15) is 5.11 Å². The zero-order valence-corrected chi connectivity index (χ0v) is 12.3. The van der Waals surface area contributed by atoms with Gasteiger partial charge in [0.15, 0.2) is 0 Å². The van der Waals surface area contributed by atoms with E-state index < -0.39 is 0 Å². The molecule has 2 nitrogen and oxygen atoms in total. The van der Waals surface area contributed by atoms with Gasteiger partial charge in [-0.25, -0.2) is 0 Å². The molecule has 1 atom stereocenters. The van der Waals surface area contributed by atoms with Crippen molar-refractivity contribution >= 4 is 11.3 Å². The molecule has 0 saturated heterocycles. The van der Waals surface area contributed by atoms with E-state index >= 15 is 0 Å². The van der Waals surface area contributed by atoms with E-state index in [-0.39, 0.29) is 0 Å². The SMILES string of the molecule is CCc1ccsc1CNC(C)Cc1ccc(O)cc1. The minimum atomic E-state index is 0.329. The Balaban J connectivity index is 1.84. The Kier molecular flexibility index (Phi) is 5.00. The zero-order valence-electron chi connectivity index (χ0n) is 11.5. The van der Waals surface area contributed by atoms with Crippen molar-refractivity contribution in [2.75, 3.05) is 0 Å². The first-order valence-corrected chi connectivity index (χ1v) is 7.63. The largest absolute Gasteiger partial charge is 0.508 e. The van der Waals surface area contributed by atoms with E-state index in [1.54, 1.807) is 12.1 Å². The third-order valence-corrected chi connectivity index (χ3v) is 4.27. The van der Waals surface area contributed by atoms with Gasteiger partial charge in [0, 0.05) is 17.5 Å². The molecule has 1 aromatic carbocycles. The Morgan fingerprint density at radius 1 is 1.21 bits per heavy atom. The lowest BCUT2D eigenvalue weighted by Crippen LogP contribution is -2.27. The van der Waals surface area contributed by atoms with Crippen molar-refractivity contribution < 1.29 is 5.11 Å². The van der Waals surface area contributed by atoms with Crippen LogP contribution in [-0.2, 0) is 19.4 Å². The number of aryl methyl sites for hydroxylation is 1. The molecule has 2 N–H and O–H groups in total. The molecular weight excluding hydrogens is 254 g/mol. The fourth-order valence-corrected chi connectivity index (χ4v) is 3.09. The first-order valence-electron chi connectivity index (χ1n) is 6.75. The van der Waals surface area contributed by atoms with E-state index in [1.165, 1.54) is 16.0 Å². The van der Waals surface area contributed by atoms with Crippen molar-refractivity contribution in [3.63, 3.8) is 0 Å². The highest BCUT2D eigenvalue weighted by Gasteiger charge is 2.06. The molecule has 0 aliphatic heterocycles. The van der Waals surface area contributed by atoms with Gasteiger partial charge in [-0.1, -0.05) is 19.1 Å². The molecule has 0 radical (unpaired) electrons. The van der Waals surface area contributed by atoms with Crippen molar-refractivity contribution in [3.8, 4) is 5.75 Å². The second kappa shape index (κ2) is 6.73. The van der Waals surface area contributed by atoms with Gasteiger partial charge < -0.3 is 10.4 Å². The summed E-state index contributed by atoms with van der Waals surface area (Å²) in [4.78, 5) is 1.44. The van der Waals surface area contributed by atoms with Crippen LogP contribution in [0.3, 0.4) is 0 Å². The first-order chi connectivity index (χ1) is 9.19. The van der Waals surface area contributed by atoms with Crippen LogP contribution in [0.1, 0.15) is 29.9 Å². The van der Waals surface area contributed by atoms with Gasteiger partial charge in [-0.05, 0) is 54.5 Å². The van der Waals surface area contributed by atoms with Crippen LogP contribution in [-0.4, -0.2) is 11.1 Å². The number of phenolic OH excluding ortho intramolecular Hbond substituents is 1. The van der Waals surface area contributed by atoms with Crippen LogP contribution in [0.4, 0.5) is 0 Å². The number of aromatic hydroxyl groups is 1. The lowest BCUT2D eigenvalue weighted by molar-refractivity contribution is 0.474. The van der Waals surface area contributed by atoms with Crippen LogP contribution in [0.15, 0.2) is 35.7 Å². The summed E-state index contributed by atoms with van der Waals surface area (Å²) < 4.78 is 0. The summed E-state index contributed by atoms with van der Waals surface area (Å²) in [5.41, 5.74) is 2.70. The molecule has 2 rings (SSSR count). The van der Waals surface area contributed by atoms with Gasteiger partial charge in [0.1, 0.15) is 5.75 Å². The van der Waals surface area contributed by atoms with Gasteiger partial charge in [0.2, 0.25) is 0 Å². The lowest BCUT2D eigenvalue weighted by Gasteiger charge is -2.14. The molecule has 0 amide bonds. The Morgan fingerprint density at radius 3 is 2.63 bits per heavy atom. The molecule has 0 spiro atoms. The summed E-state index contributed by atoms with van der Waals surface area (Å²) in [5, 5.41) is 15.0. The highest BCUT2D eigenvalue weighted by atomic mass is 32.1. The van der Waals surface area contributed by atoms with Crippen LogP contribution in [0, 0.1) is 0 Å². The monoisotopic (exact) mass is 275 g/mol. The summed E-state index contributed by atoms with van der Waals surface area (Å²) >= 11 is 1.83. The molecular formula is C16H21NOS. The summed E-state index contributed by atoms with van der Waals surface area (Å²) in [7, 11) is 0. The maximum atomic E-state index is 9.26. The van der Waals surface area contributed by atoms with Crippen LogP contribution >= 0.6 is 11.3 Å². The Morgan fingerprint density at radius 2 is 1.95 bits per heavy atom. The molecule has 3 heteroatoms. The second-order valence-corrected chi connectivity index (χ2v) is 5.88. The predicted molar refractivity (Wildman–Crippen MR) is 81.8 cm³/mol. The maximum Gasteiger partial charge on any atom is 0.115 e. The number of thiophene rings is 1. The van der Waals surface area contributed by atoms with Crippen molar-refractivity contribution in [1.82, 2.24) is 5.32 Å². The van der Waals surface area contributed by atoms with Gasteiger partial charge in [0.25, 0.3) is 0 Å². The number of nitrogens with one attached hydrogen (secondary N) is 1. The highest BCUT2D eigenvalue weighted by Crippen LogP contribution is 2.17. The maximum absolute atomic E-state index is 9.26. The van der Waals surface area contributed by atoms with Crippen molar-refractivity contribution in [2.24, 2.45) is 0 Å². The van der Waals surface area contributed by atoms with Crippen LogP contribution in [0.5, 0.6) is 5.75 Å². The standard InChI is InChI=1S/C16H21NOS/c1-3-14-8-9-19-16(14)11-17-12(2)10-13-4-6-15(18)7-5-13/h4-9,12,17-18H,3,10-11H2,1-2H3. The zero-order chi connectivity index (χ0) is 13.7. The first kappa shape index (κ1) is 14.1. The fourth-order valence-electron chi connectivity index (χ4n) is 2.16. The average Bonchev–Trinajstić information content (AvgIpc) is 2.86. The molecule has 19 heavy (non-hydrogen) atoms. The smallest absolute Gasteiger partial charge is 0.115 e. The summed E-state index contributed by atoms with van der Waals surface area (Å²) in [6.07, 6.45) is 2.08.